The molecule has 0 spiro atoms. The Morgan fingerprint density at radius 3 is 2.64 bits per heavy atom. The van der Waals surface area contributed by atoms with Gasteiger partial charge < -0.3 is 31.7 Å². The van der Waals surface area contributed by atoms with Crippen LogP contribution in [0.3, 0.4) is 0 Å². The number of nitrogens with zero attached hydrogens (tertiary/aromatic N) is 4. The van der Waals surface area contributed by atoms with Crippen molar-refractivity contribution < 1.29 is 14.9 Å². The van der Waals surface area contributed by atoms with Gasteiger partial charge in [0.1, 0.15) is 12.3 Å². The predicted octanol–water partition coefficient (Wildman–Crippen LogP) is 0.760. The van der Waals surface area contributed by atoms with Crippen LogP contribution >= 0.6 is 0 Å². The Kier molecular flexibility index (Phi) is 7.37. The number of ether oxygens (including phenoxy) is 1. The van der Waals surface area contributed by atoms with Gasteiger partial charge in [-0.15, -0.1) is 0 Å². The van der Waals surface area contributed by atoms with Crippen molar-refractivity contribution in [3.8, 4) is 0 Å². The standard InChI is InChI=1S/C18H31N7O3/c19-7-5-3-1-2-4-6-8-21-16-15-17(24-18(20)23-16)25(11-22-15)14-9-12(27)13(10-26)28-14/h11-14,26-27H,1-10,19H2,(H3,20,21,23,24)/t12-,13+,14+/m0/s1. The first kappa shape index (κ1) is 20.7. The molecular weight excluding hydrogens is 362 g/mol. The Hall–Kier alpha value is -2.01. The molecule has 1 aliphatic rings. The lowest BCUT2D eigenvalue weighted by Crippen LogP contribution is -2.24. The average Bonchev–Trinajstić information content (AvgIpc) is 3.26. The van der Waals surface area contributed by atoms with Crippen molar-refractivity contribution in [2.24, 2.45) is 5.73 Å². The molecule has 2 aromatic heterocycles. The predicted molar refractivity (Wildman–Crippen MR) is 107 cm³/mol. The summed E-state index contributed by atoms with van der Waals surface area (Å²) in [4.78, 5) is 13.0. The number of unbranched alkanes of at least 4 members (excludes halogenated alkanes) is 5. The fourth-order valence-electron chi connectivity index (χ4n) is 3.50. The van der Waals surface area contributed by atoms with Crippen LogP contribution in [0.1, 0.15) is 51.2 Å². The molecule has 7 N–H and O–H groups in total. The molecule has 3 atom stereocenters. The summed E-state index contributed by atoms with van der Waals surface area (Å²) in [6, 6.07) is 0. The molecule has 0 amide bonds. The van der Waals surface area contributed by atoms with Gasteiger partial charge in [0.2, 0.25) is 5.95 Å². The number of nitrogen functional groups attached to an aromatic ring is 1. The van der Waals surface area contributed by atoms with E-state index in [0.29, 0.717) is 23.4 Å². The first-order valence-corrected chi connectivity index (χ1v) is 10.0. The Labute approximate surface area is 164 Å². The van der Waals surface area contributed by atoms with Gasteiger partial charge >= 0.3 is 0 Å². The number of rotatable bonds is 11. The molecule has 1 fully saturated rings. The normalized spacial score (nSPS) is 22.2. The van der Waals surface area contributed by atoms with Crippen molar-refractivity contribution in [1.82, 2.24) is 19.5 Å². The molecule has 1 saturated heterocycles. The first-order chi connectivity index (χ1) is 13.6. The number of nitrogens with two attached hydrogens (primary N) is 2. The van der Waals surface area contributed by atoms with Crippen LogP contribution in [0.2, 0.25) is 0 Å². The van der Waals surface area contributed by atoms with Gasteiger partial charge in [0, 0.05) is 13.0 Å². The highest BCUT2D eigenvalue weighted by Gasteiger charge is 2.35. The minimum absolute atomic E-state index is 0.149. The van der Waals surface area contributed by atoms with Gasteiger partial charge in [-0.25, -0.2) is 4.98 Å². The van der Waals surface area contributed by atoms with E-state index < -0.39 is 18.4 Å². The summed E-state index contributed by atoms with van der Waals surface area (Å²) >= 11 is 0. The van der Waals surface area contributed by atoms with E-state index in [1.54, 1.807) is 10.9 Å². The number of hydrogen-bond donors (Lipinski definition) is 5. The second-order valence-electron chi connectivity index (χ2n) is 7.21. The van der Waals surface area contributed by atoms with Gasteiger partial charge in [-0.3, -0.25) is 4.57 Å². The van der Waals surface area contributed by atoms with Crippen molar-refractivity contribution in [3.05, 3.63) is 6.33 Å². The highest BCUT2D eigenvalue weighted by atomic mass is 16.5. The lowest BCUT2D eigenvalue weighted by atomic mass is 10.1. The molecule has 0 saturated carbocycles. The molecule has 156 valence electrons. The van der Waals surface area contributed by atoms with Gasteiger partial charge in [-0.1, -0.05) is 25.7 Å². The van der Waals surface area contributed by atoms with E-state index in [9.17, 15) is 10.2 Å². The summed E-state index contributed by atoms with van der Waals surface area (Å²) < 4.78 is 7.43. The third kappa shape index (κ3) is 4.88. The second kappa shape index (κ2) is 9.97. The number of aliphatic hydroxyl groups excluding tert-OH is 2. The molecule has 0 aromatic carbocycles. The maximum Gasteiger partial charge on any atom is 0.224 e. The lowest BCUT2D eigenvalue weighted by molar-refractivity contribution is -0.0432. The van der Waals surface area contributed by atoms with Gasteiger partial charge in [-0.05, 0) is 19.4 Å². The molecule has 10 nitrogen and oxygen atoms in total. The highest BCUT2D eigenvalue weighted by Crippen LogP contribution is 2.32. The number of aromatic nitrogens is 4. The van der Waals surface area contributed by atoms with Crippen LogP contribution in [0.25, 0.3) is 11.2 Å². The Balaban J connectivity index is 1.61. The molecule has 0 unspecified atom stereocenters. The van der Waals surface area contributed by atoms with E-state index in [0.717, 1.165) is 32.4 Å². The van der Waals surface area contributed by atoms with Crippen LogP contribution in [-0.2, 0) is 4.74 Å². The van der Waals surface area contributed by atoms with Crippen LogP contribution < -0.4 is 16.8 Å². The van der Waals surface area contributed by atoms with E-state index in [-0.39, 0.29) is 12.6 Å². The molecule has 3 heterocycles. The zero-order valence-electron chi connectivity index (χ0n) is 16.1. The van der Waals surface area contributed by atoms with Crippen LogP contribution in [0.4, 0.5) is 11.8 Å². The van der Waals surface area contributed by atoms with E-state index in [4.69, 9.17) is 16.2 Å². The van der Waals surface area contributed by atoms with Crippen molar-refractivity contribution in [3.63, 3.8) is 0 Å². The minimum atomic E-state index is -0.728. The van der Waals surface area contributed by atoms with E-state index in [1.165, 1.54) is 19.3 Å². The third-order valence-electron chi connectivity index (χ3n) is 5.06. The molecule has 0 bridgehead atoms. The SMILES string of the molecule is NCCCCCCCCNc1nc(N)nc2c1ncn2[C@H]1C[C@H](O)[C@@H](CO)O1. The van der Waals surface area contributed by atoms with E-state index in [1.807, 2.05) is 0 Å². The summed E-state index contributed by atoms with van der Waals surface area (Å²) in [5, 5.41) is 22.6. The number of aliphatic hydroxyl groups is 2. The third-order valence-corrected chi connectivity index (χ3v) is 5.06. The molecule has 0 aliphatic carbocycles. The largest absolute Gasteiger partial charge is 0.394 e. The zero-order valence-corrected chi connectivity index (χ0v) is 16.1. The quantitative estimate of drug-likeness (QED) is 0.348. The van der Waals surface area contributed by atoms with Crippen LogP contribution in [0.5, 0.6) is 0 Å². The Morgan fingerprint density at radius 2 is 1.93 bits per heavy atom. The molecule has 2 aromatic rings. The van der Waals surface area contributed by atoms with Gasteiger partial charge in [0.05, 0.1) is 19.0 Å². The fourth-order valence-corrected chi connectivity index (χ4v) is 3.50. The molecule has 1 aliphatic heterocycles. The first-order valence-electron chi connectivity index (χ1n) is 10.0. The Bertz CT molecular complexity index is 754. The molecule has 3 rings (SSSR count). The number of fused-ring (bicyclic) bond motifs is 1. The smallest absolute Gasteiger partial charge is 0.224 e. The number of anilines is 2. The van der Waals surface area contributed by atoms with E-state index in [2.05, 4.69) is 20.3 Å². The number of hydrogen-bond acceptors (Lipinski definition) is 9. The molecule has 10 heteroatoms. The summed E-state index contributed by atoms with van der Waals surface area (Å²) in [5.41, 5.74) is 12.6. The van der Waals surface area contributed by atoms with Gasteiger partial charge in [0.25, 0.3) is 0 Å². The van der Waals surface area contributed by atoms with Crippen LogP contribution in [-0.4, -0.2) is 61.6 Å². The molecule has 28 heavy (non-hydrogen) atoms. The molecule has 0 radical (unpaired) electrons. The van der Waals surface area contributed by atoms with Gasteiger partial charge in [0.15, 0.2) is 17.0 Å². The maximum atomic E-state index is 9.98. The second-order valence-corrected chi connectivity index (χ2v) is 7.21. The average molecular weight is 393 g/mol. The maximum absolute atomic E-state index is 9.98. The lowest BCUT2D eigenvalue weighted by Gasteiger charge is -2.14. The van der Waals surface area contributed by atoms with Crippen LogP contribution in [0.15, 0.2) is 6.33 Å². The van der Waals surface area contributed by atoms with Crippen LogP contribution in [0, 0.1) is 0 Å². The summed E-state index contributed by atoms with van der Waals surface area (Å²) in [5.74, 6) is 0.748. The zero-order chi connectivity index (χ0) is 19.9. The minimum Gasteiger partial charge on any atom is -0.394 e. The fraction of sp³-hybridized carbons (Fsp3) is 0.722. The number of nitrogens with one attached hydrogen (secondary N) is 1. The monoisotopic (exact) mass is 393 g/mol. The molecular formula is C18H31N7O3. The topological polar surface area (TPSA) is 157 Å². The summed E-state index contributed by atoms with van der Waals surface area (Å²) in [6.07, 6.45) is 7.06. The van der Waals surface area contributed by atoms with E-state index >= 15 is 0 Å². The summed E-state index contributed by atoms with van der Waals surface area (Å²) in [7, 11) is 0. The summed E-state index contributed by atoms with van der Waals surface area (Å²) in [6.45, 7) is 1.31. The van der Waals surface area contributed by atoms with Gasteiger partial charge in [-0.2, -0.15) is 9.97 Å². The van der Waals surface area contributed by atoms with Crippen molar-refractivity contribution in [2.45, 2.75) is 63.4 Å². The van der Waals surface area contributed by atoms with Crippen molar-refractivity contribution in [2.75, 3.05) is 30.7 Å². The van der Waals surface area contributed by atoms with Crippen molar-refractivity contribution >= 4 is 22.9 Å². The van der Waals surface area contributed by atoms with Crippen molar-refractivity contribution in [1.29, 1.82) is 0 Å². The number of imidazole rings is 1. The Morgan fingerprint density at radius 1 is 1.18 bits per heavy atom. The highest BCUT2D eigenvalue weighted by molar-refractivity contribution is 5.84.